The fraction of sp³-hybridized carbons (Fsp3) is 0.621. The molecule has 2 saturated heterocycles. The molecule has 206 valence electrons. The van der Waals surface area contributed by atoms with Crippen molar-refractivity contribution < 1.29 is 18.7 Å². The predicted octanol–water partition coefficient (Wildman–Crippen LogP) is 5.16. The molecule has 3 aliphatic rings. The fourth-order valence-electron chi connectivity index (χ4n) is 5.92. The number of anilines is 1. The third-order valence-electron chi connectivity index (χ3n) is 8.31. The second kappa shape index (κ2) is 12.6. The lowest BCUT2D eigenvalue weighted by Crippen LogP contribution is -2.37. The Bertz CT molecular complexity index is 1070. The third-order valence-corrected chi connectivity index (χ3v) is 8.51. The molecule has 1 amide bonds. The number of carbonyl (C=O) groups is 1. The molecule has 3 atom stereocenters. The Morgan fingerprint density at radius 1 is 1.21 bits per heavy atom. The third kappa shape index (κ3) is 7.14. The SMILES string of the molecule is CN(CC1CCCCO1)C(=O)Cc1ccc(OCC[C@@H]2C[C@@H]2C2CCN(c3ncc(Cl)cn3)CC2)cc1F. The average molecular weight is 545 g/mol. The highest BCUT2D eigenvalue weighted by Crippen LogP contribution is 2.49. The molecule has 1 aromatic heterocycles. The van der Waals surface area contributed by atoms with Gasteiger partial charge in [0.15, 0.2) is 0 Å². The first kappa shape index (κ1) is 27.1. The number of benzene rings is 1. The molecule has 7 nitrogen and oxygen atoms in total. The van der Waals surface area contributed by atoms with Gasteiger partial charge in [-0.25, -0.2) is 14.4 Å². The molecule has 1 aromatic carbocycles. The van der Waals surface area contributed by atoms with E-state index in [-0.39, 0.29) is 24.2 Å². The molecule has 2 aromatic rings. The zero-order valence-corrected chi connectivity index (χ0v) is 22.9. The van der Waals surface area contributed by atoms with Crippen LogP contribution < -0.4 is 9.64 Å². The summed E-state index contributed by atoms with van der Waals surface area (Å²) < 4.78 is 26.3. The van der Waals surface area contributed by atoms with E-state index in [0.29, 0.717) is 35.4 Å². The van der Waals surface area contributed by atoms with E-state index in [1.165, 1.54) is 12.5 Å². The van der Waals surface area contributed by atoms with Crippen LogP contribution in [0.15, 0.2) is 30.6 Å². The Hall–Kier alpha value is -2.45. The lowest BCUT2D eigenvalue weighted by molar-refractivity contribution is -0.131. The summed E-state index contributed by atoms with van der Waals surface area (Å²) in [7, 11) is 1.76. The van der Waals surface area contributed by atoms with E-state index in [1.54, 1.807) is 36.5 Å². The van der Waals surface area contributed by atoms with E-state index in [4.69, 9.17) is 21.1 Å². The van der Waals surface area contributed by atoms with Crippen LogP contribution in [0.3, 0.4) is 0 Å². The zero-order chi connectivity index (χ0) is 26.5. The Kier molecular flexibility index (Phi) is 9.00. The molecule has 1 unspecified atom stereocenters. The summed E-state index contributed by atoms with van der Waals surface area (Å²) in [6.07, 6.45) is 11.2. The first-order valence-corrected chi connectivity index (χ1v) is 14.3. The number of amides is 1. The summed E-state index contributed by atoms with van der Waals surface area (Å²) in [4.78, 5) is 25.2. The topological polar surface area (TPSA) is 67.8 Å². The van der Waals surface area contributed by atoms with Crippen LogP contribution in [-0.4, -0.2) is 66.8 Å². The summed E-state index contributed by atoms with van der Waals surface area (Å²) in [5, 5.41) is 0.560. The van der Waals surface area contributed by atoms with Gasteiger partial charge in [0.2, 0.25) is 11.9 Å². The van der Waals surface area contributed by atoms with Gasteiger partial charge in [0.1, 0.15) is 11.6 Å². The molecule has 9 heteroatoms. The summed E-state index contributed by atoms with van der Waals surface area (Å²) in [6, 6.07) is 4.85. The number of hydrogen-bond acceptors (Lipinski definition) is 6. The molecular formula is C29H38ClFN4O3. The lowest BCUT2D eigenvalue weighted by Gasteiger charge is -2.32. The zero-order valence-electron chi connectivity index (χ0n) is 22.2. The van der Waals surface area contributed by atoms with Crippen molar-refractivity contribution in [3.05, 3.63) is 47.0 Å². The maximum atomic E-state index is 14.7. The first-order valence-electron chi connectivity index (χ1n) is 14.0. The Labute approximate surface area is 229 Å². The molecular weight excluding hydrogens is 507 g/mol. The monoisotopic (exact) mass is 544 g/mol. The number of piperidine rings is 1. The number of aromatic nitrogens is 2. The molecule has 0 bridgehead atoms. The molecule has 1 saturated carbocycles. The van der Waals surface area contributed by atoms with Gasteiger partial charge in [0.05, 0.1) is 36.5 Å². The molecule has 0 radical (unpaired) electrons. The maximum Gasteiger partial charge on any atom is 0.226 e. The van der Waals surface area contributed by atoms with Gasteiger partial charge in [0.25, 0.3) is 0 Å². The summed E-state index contributed by atoms with van der Waals surface area (Å²) in [6.45, 7) is 3.85. The molecule has 1 aliphatic carbocycles. The number of carbonyl (C=O) groups excluding carboxylic acids is 1. The minimum Gasteiger partial charge on any atom is -0.493 e. The van der Waals surface area contributed by atoms with Crippen LogP contribution in [0.25, 0.3) is 0 Å². The van der Waals surface area contributed by atoms with Gasteiger partial charge in [-0.2, -0.15) is 0 Å². The molecule has 0 N–H and O–H groups in total. The second-order valence-corrected chi connectivity index (χ2v) is 11.5. The molecule has 3 heterocycles. The van der Waals surface area contributed by atoms with E-state index >= 15 is 0 Å². The van der Waals surface area contributed by atoms with Crippen LogP contribution in [0, 0.1) is 23.6 Å². The first-order chi connectivity index (χ1) is 18.5. The van der Waals surface area contributed by atoms with Gasteiger partial charge in [-0.05, 0) is 74.3 Å². The van der Waals surface area contributed by atoms with Gasteiger partial charge in [-0.3, -0.25) is 4.79 Å². The molecule has 5 rings (SSSR count). The van der Waals surface area contributed by atoms with E-state index in [0.717, 1.165) is 76.0 Å². The maximum absolute atomic E-state index is 14.7. The van der Waals surface area contributed by atoms with Gasteiger partial charge in [-0.15, -0.1) is 0 Å². The molecule has 0 spiro atoms. The van der Waals surface area contributed by atoms with Gasteiger partial charge >= 0.3 is 0 Å². The quantitative estimate of drug-likeness (QED) is 0.411. The fourth-order valence-corrected chi connectivity index (χ4v) is 6.02. The number of nitrogens with zero attached hydrogens (tertiary/aromatic N) is 4. The predicted molar refractivity (Wildman–Crippen MR) is 145 cm³/mol. The molecule has 38 heavy (non-hydrogen) atoms. The highest BCUT2D eigenvalue weighted by Gasteiger charge is 2.43. The normalized spacial score (nSPS) is 23.8. The van der Waals surface area contributed by atoms with Crippen molar-refractivity contribution in [2.24, 2.45) is 17.8 Å². The van der Waals surface area contributed by atoms with Gasteiger partial charge in [0, 0.05) is 39.4 Å². The second-order valence-electron chi connectivity index (χ2n) is 11.0. The van der Waals surface area contributed by atoms with E-state index in [2.05, 4.69) is 14.9 Å². The standard InChI is InChI=1S/C29H38ClFN4O3/c1-34(19-25-4-2-3-12-37-25)28(36)15-22-5-6-24(16-27(22)31)38-13-9-21-14-26(21)20-7-10-35(11-8-20)29-32-17-23(30)18-33-29/h5-6,16-18,20-21,25-26H,2-4,7-15,19H2,1H3/t21-,25?,26-/m1/s1. The van der Waals surface area contributed by atoms with Crippen molar-refractivity contribution in [2.45, 2.75) is 57.5 Å². The average Bonchev–Trinajstić information content (AvgIpc) is 3.71. The number of likely N-dealkylation sites (N-methyl/N-ethyl adjacent to an activating group) is 1. The summed E-state index contributed by atoms with van der Waals surface area (Å²) >= 11 is 5.90. The number of hydrogen-bond donors (Lipinski definition) is 0. The van der Waals surface area contributed by atoms with Crippen molar-refractivity contribution in [2.75, 3.05) is 44.8 Å². The van der Waals surface area contributed by atoms with Crippen molar-refractivity contribution in [3.63, 3.8) is 0 Å². The Balaban J connectivity index is 1.00. The number of ether oxygens (including phenoxy) is 2. The van der Waals surface area contributed by atoms with Crippen LogP contribution in [0.1, 0.15) is 50.5 Å². The van der Waals surface area contributed by atoms with Crippen LogP contribution >= 0.6 is 11.6 Å². The van der Waals surface area contributed by atoms with E-state index < -0.39 is 0 Å². The summed E-state index contributed by atoms with van der Waals surface area (Å²) in [5.74, 6) is 2.97. The number of rotatable bonds is 10. The Morgan fingerprint density at radius 3 is 2.71 bits per heavy atom. The van der Waals surface area contributed by atoms with Crippen molar-refractivity contribution in [3.8, 4) is 5.75 Å². The molecule has 2 aliphatic heterocycles. The number of halogens is 2. The minimum atomic E-state index is -0.390. The van der Waals surface area contributed by atoms with Crippen LogP contribution in [0.2, 0.25) is 5.02 Å². The largest absolute Gasteiger partial charge is 0.493 e. The van der Waals surface area contributed by atoms with Crippen LogP contribution in [-0.2, 0) is 16.0 Å². The summed E-state index contributed by atoms with van der Waals surface area (Å²) in [5.41, 5.74) is 0.399. The van der Waals surface area contributed by atoms with Crippen LogP contribution in [0.5, 0.6) is 5.75 Å². The minimum absolute atomic E-state index is 0.0437. The van der Waals surface area contributed by atoms with Crippen LogP contribution in [0.4, 0.5) is 10.3 Å². The molecule has 3 fully saturated rings. The van der Waals surface area contributed by atoms with Crippen molar-refractivity contribution >= 4 is 23.5 Å². The van der Waals surface area contributed by atoms with E-state index in [1.807, 2.05) is 0 Å². The van der Waals surface area contributed by atoms with Gasteiger partial charge < -0.3 is 19.3 Å². The smallest absolute Gasteiger partial charge is 0.226 e. The van der Waals surface area contributed by atoms with E-state index in [9.17, 15) is 9.18 Å². The van der Waals surface area contributed by atoms with Crippen molar-refractivity contribution in [1.29, 1.82) is 0 Å². The van der Waals surface area contributed by atoms with Gasteiger partial charge in [-0.1, -0.05) is 17.7 Å². The lowest BCUT2D eigenvalue weighted by atomic mass is 9.90. The Morgan fingerprint density at radius 2 is 2.00 bits per heavy atom. The highest BCUT2D eigenvalue weighted by atomic mass is 35.5. The van der Waals surface area contributed by atoms with Crippen molar-refractivity contribution in [1.82, 2.24) is 14.9 Å². The highest BCUT2D eigenvalue weighted by molar-refractivity contribution is 6.30.